The van der Waals surface area contributed by atoms with Gasteiger partial charge < -0.3 is 40.3 Å². The van der Waals surface area contributed by atoms with Crippen LogP contribution in [0.25, 0.3) is 0 Å². The lowest BCUT2D eigenvalue weighted by Crippen LogP contribution is -2.60. The Morgan fingerprint density at radius 2 is 0.659 bits per heavy atom. The molecular formula is C76H147NO8. The van der Waals surface area contributed by atoms with Crippen LogP contribution in [-0.2, 0) is 14.3 Å². The van der Waals surface area contributed by atoms with E-state index in [-0.39, 0.29) is 12.5 Å². The standard InChI is InChI=1S/C76H147NO8/c1-3-5-7-9-11-13-15-17-19-21-23-25-26-27-28-29-30-31-32-33-34-35-36-37-38-39-40-41-42-43-44-46-48-50-52-54-56-58-60-62-64-66-72(80)77-69(68-84-76-75(83)74(82)73(81)71(67-78)85-76)70(79)65-63-61-59-57-55-53-51-49-47-45-24-22-20-18-16-14-12-10-8-6-4-2/h21,23,63,65,69-71,73-76,78-79,81-83H,3-20,22,24-62,64,66-68H2,1-2H3,(H,77,80)/b23-21-,65-63+. The molecule has 1 aliphatic rings. The largest absolute Gasteiger partial charge is 0.394 e. The van der Waals surface area contributed by atoms with Crippen LogP contribution in [0, 0.1) is 0 Å². The molecule has 7 atom stereocenters. The normalized spacial score (nSPS) is 18.1. The molecule has 0 aliphatic carbocycles. The van der Waals surface area contributed by atoms with Gasteiger partial charge in [-0.25, -0.2) is 0 Å². The molecule has 7 unspecified atom stereocenters. The summed E-state index contributed by atoms with van der Waals surface area (Å²) in [6.45, 7) is 3.84. The number of unbranched alkanes of at least 4 members (excludes halogenated alkanes) is 56. The van der Waals surface area contributed by atoms with E-state index >= 15 is 0 Å². The second-order valence-corrected chi connectivity index (χ2v) is 26.8. The molecule has 6 N–H and O–H groups in total. The number of aliphatic hydroxyl groups is 5. The Hall–Kier alpha value is -1.33. The molecule has 0 aromatic carbocycles. The number of allylic oxidation sites excluding steroid dienone is 3. The summed E-state index contributed by atoms with van der Waals surface area (Å²) >= 11 is 0. The van der Waals surface area contributed by atoms with Crippen molar-refractivity contribution in [2.75, 3.05) is 13.2 Å². The van der Waals surface area contributed by atoms with Gasteiger partial charge in [0, 0.05) is 6.42 Å². The van der Waals surface area contributed by atoms with Crippen LogP contribution in [-0.4, -0.2) is 87.5 Å². The molecule has 85 heavy (non-hydrogen) atoms. The van der Waals surface area contributed by atoms with Gasteiger partial charge in [-0.2, -0.15) is 0 Å². The lowest BCUT2D eigenvalue weighted by molar-refractivity contribution is -0.302. The molecule has 0 spiro atoms. The summed E-state index contributed by atoms with van der Waals surface area (Å²) in [7, 11) is 0. The van der Waals surface area contributed by atoms with Gasteiger partial charge in [0.25, 0.3) is 0 Å². The average molecular weight is 1200 g/mol. The van der Waals surface area contributed by atoms with Gasteiger partial charge in [0.15, 0.2) is 6.29 Å². The molecule has 9 nitrogen and oxygen atoms in total. The van der Waals surface area contributed by atoms with E-state index < -0.39 is 49.5 Å². The SMILES string of the molecule is CCCCCCCCCC/C=C\CCCCCCCCCCCCCCCCCCCCCCCCCCCCCCCC(=O)NC(COC1OC(CO)C(O)C(O)C1O)C(O)/C=C/CCCCCCCCCCCCCCCCCCCCC. The molecule has 0 radical (unpaired) electrons. The van der Waals surface area contributed by atoms with Gasteiger partial charge >= 0.3 is 0 Å². The van der Waals surface area contributed by atoms with Crippen LogP contribution in [0.4, 0.5) is 0 Å². The third-order valence-electron chi connectivity index (χ3n) is 18.5. The van der Waals surface area contributed by atoms with Crippen LogP contribution in [0.3, 0.4) is 0 Å². The van der Waals surface area contributed by atoms with E-state index in [0.29, 0.717) is 6.42 Å². The number of hydrogen-bond donors (Lipinski definition) is 6. The van der Waals surface area contributed by atoms with Crippen molar-refractivity contribution in [1.29, 1.82) is 0 Å². The summed E-state index contributed by atoms with van der Waals surface area (Å²) in [4.78, 5) is 13.1. The highest BCUT2D eigenvalue weighted by Gasteiger charge is 2.44. The Morgan fingerprint density at radius 3 is 0.953 bits per heavy atom. The number of amides is 1. The van der Waals surface area contributed by atoms with E-state index in [1.165, 1.54) is 340 Å². The van der Waals surface area contributed by atoms with Gasteiger partial charge in [-0.3, -0.25) is 4.79 Å². The second kappa shape index (κ2) is 65.6. The van der Waals surface area contributed by atoms with Crippen molar-refractivity contribution < 1.29 is 39.8 Å². The molecule has 1 aliphatic heterocycles. The van der Waals surface area contributed by atoms with Crippen LogP contribution < -0.4 is 5.32 Å². The van der Waals surface area contributed by atoms with Crippen molar-refractivity contribution in [3.63, 3.8) is 0 Å². The Labute approximate surface area is 528 Å². The van der Waals surface area contributed by atoms with Crippen LogP contribution in [0.1, 0.15) is 399 Å². The Kier molecular flexibility index (Phi) is 63.1. The highest BCUT2D eigenvalue weighted by molar-refractivity contribution is 5.76. The maximum atomic E-state index is 13.1. The van der Waals surface area contributed by atoms with E-state index in [1.807, 2.05) is 6.08 Å². The second-order valence-electron chi connectivity index (χ2n) is 26.8. The van der Waals surface area contributed by atoms with Crippen molar-refractivity contribution in [2.24, 2.45) is 0 Å². The van der Waals surface area contributed by atoms with Gasteiger partial charge in [0.05, 0.1) is 25.4 Å². The summed E-state index contributed by atoms with van der Waals surface area (Å²) in [5.74, 6) is -0.167. The maximum absolute atomic E-state index is 13.1. The molecular weight excluding hydrogens is 1050 g/mol. The minimum Gasteiger partial charge on any atom is -0.394 e. The first-order valence-corrected chi connectivity index (χ1v) is 38.1. The molecule has 1 rings (SSSR count). The summed E-state index contributed by atoms with van der Waals surface area (Å²) < 4.78 is 11.3. The Bertz CT molecular complexity index is 1390. The highest BCUT2D eigenvalue weighted by Crippen LogP contribution is 2.24. The van der Waals surface area contributed by atoms with Gasteiger partial charge in [-0.15, -0.1) is 0 Å². The topological polar surface area (TPSA) is 149 Å². The zero-order valence-electron chi connectivity index (χ0n) is 56.7. The fraction of sp³-hybridized carbons (Fsp3) is 0.934. The van der Waals surface area contributed by atoms with Crippen LogP contribution in [0.5, 0.6) is 0 Å². The number of ether oxygens (including phenoxy) is 2. The summed E-state index contributed by atoms with van der Waals surface area (Å²) in [5.41, 5.74) is 0. The Balaban J connectivity index is 2.02. The maximum Gasteiger partial charge on any atom is 0.220 e. The molecule has 0 aromatic heterocycles. The van der Waals surface area contributed by atoms with E-state index in [1.54, 1.807) is 6.08 Å². The van der Waals surface area contributed by atoms with Crippen molar-refractivity contribution in [2.45, 2.75) is 442 Å². The molecule has 0 aromatic rings. The zero-order valence-corrected chi connectivity index (χ0v) is 56.7. The molecule has 0 bridgehead atoms. The van der Waals surface area contributed by atoms with Gasteiger partial charge in [-0.1, -0.05) is 372 Å². The number of carbonyl (C=O) groups excluding carboxylic acids is 1. The molecule has 1 fully saturated rings. The average Bonchev–Trinajstić information content (AvgIpc) is 3.68. The lowest BCUT2D eigenvalue weighted by Gasteiger charge is -2.40. The number of rotatable bonds is 68. The number of nitrogens with one attached hydrogen (secondary N) is 1. The monoisotopic (exact) mass is 1200 g/mol. The lowest BCUT2D eigenvalue weighted by atomic mass is 9.99. The van der Waals surface area contributed by atoms with Crippen molar-refractivity contribution >= 4 is 5.91 Å². The highest BCUT2D eigenvalue weighted by atomic mass is 16.7. The third kappa shape index (κ3) is 54.2. The van der Waals surface area contributed by atoms with Crippen LogP contribution in [0.2, 0.25) is 0 Å². The quantitative estimate of drug-likeness (QED) is 0.0261. The van der Waals surface area contributed by atoms with Crippen molar-refractivity contribution in [3.8, 4) is 0 Å². The first kappa shape index (κ1) is 81.7. The van der Waals surface area contributed by atoms with Gasteiger partial charge in [0.1, 0.15) is 24.4 Å². The molecule has 9 heteroatoms. The summed E-state index contributed by atoms with van der Waals surface area (Å²) in [6.07, 6.45) is 80.4. The van der Waals surface area contributed by atoms with Crippen molar-refractivity contribution in [1.82, 2.24) is 5.32 Å². The third-order valence-corrected chi connectivity index (χ3v) is 18.5. The molecule has 0 saturated carbocycles. The fourth-order valence-electron chi connectivity index (χ4n) is 12.6. The fourth-order valence-corrected chi connectivity index (χ4v) is 12.6. The van der Waals surface area contributed by atoms with Gasteiger partial charge in [-0.05, 0) is 44.9 Å². The summed E-state index contributed by atoms with van der Waals surface area (Å²) in [5, 5.41) is 54.8. The molecule has 504 valence electrons. The van der Waals surface area contributed by atoms with Crippen LogP contribution in [0.15, 0.2) is 24.3 Å². The predicted molar refractivity (Wildman–Crippen MR) is 364 cm³/mol. The zero-order chi connectivity index (χ0) is 61.4. The van der Waals surface area contributed by atoms with Crippen molar-refractivity contribution in [3.05, 3.63) is 24.3 Å². The first-order valence-electron chi connectivity index (χ1n) is 38.1. The predicted octanol–water partition coefficient (Wildman–Crippen LogP) is 21.2. The van der Waals surface area contributed by atoms with Gasteiger partial charge in [0.2, 0.25) is 5.91 Å². The molecule has 1 saturated heterocycles. The summed E-state index contributed by atoms with van der Waals surface area (Å²) in [6, 6.07) is -0.803. The van der Waals surface area contributed by atoms with E-state index in [4.69, 9.17) is 9.47 Å². The minimum atomic E-state index is -1.57. The molecule has 1 heterocycles. The Morgan fingerprint density at radius 1 is 0.388 bits per heavy atom. The smallest absolute Gasteiger partial charge is 0.220 e. The van der Waals surface area contributed by atoms with E-state index in [0.717, 1.165) is 38.5 Å². The van der Waals surface area contributed by atoms with E-state index in [9.17, 15) is 30.3 Å². The van der Waals surface area contributed by atoms with Crippen LogP contribution >= 0.6 is 0 Å². The van der Waals surface area contributed by atoms with E-state index in [2.05, 4.69) is 31.3 Å². The molecule has 1 amide bonds. The number of carbonyl (C=O) groups is 1. The first-order chi connectivity index (χ1) is 41.8. The minimum absolute atomic E-state index is 0.167. The number of aliphatic hydroxyl groups excluding tert-OH is 5. The number of hydrogen-bond acceptors (Lipinski definition) is 8.